The molecule has 1 fully saturated rings. The summed E-state index contributed by atoms with van der Waals surface area (Å²) < 4.78 is 5.15. The topological polar surface area (TPSA) is 183 Å². The summed E-state index contributed by atoms with van der Waals surface area (Å²) in [5.74, 6) is -2.82. The van der Waals surface area contributed by atoms with E-state index in [-0.39, 0.29) is 38.4 Å². The standard InChI is InChI=1S/C29H40N6O7/c1-16(2)25-29(41)31-22(13-20-9-7-6-8-10-20)27(39)33-26(18(4)36)28(40)30-11-12-35(15-23(37)32-25)24(38)14-21-17(3)34-42-19(21)5/h6-10,16,18,22,25-26,36H,11-15H2,1-5H3,(H,30,40)(H,31,41)(H,32,37)(H,33,39)/t18-,22+,25-,26+/m1/s1. The number of nitrogens with zero attached hydrogens (tertiary/aromatic N) is 2. The minimum Gasteiger partial charge on any atom is -0.391 e. The van der Waals surface area contributed by atoms with Gasteiger partial charge in [0.1, 0.15) is 23.9 Å². The number of hydrogen-bond donors (Lipinski definition) is 5. The smallest absolute Gasteiger partial charge is 0.245 e. The number of carbonyl (C=O) groups is 5. The lowest BCUT2D eigenvalue weighted by atomic mass is 10.0. The van der Waals surface area contributed by atoms with Gasteiger partial charge in [-0.1, -0.05) is 49.3 Å². The van der Waals surface area contributed by atoms with E-state index in [1.54, 1.807) is 52.0 Å². The van der Waals surface area contributed by atoms with Crippen LogP contribution < -0.4 is 21.3 Å². The number of nitrogens with one attached hydrogen (secondary N) is 4. The number of aliphatic hydroxyl groups excluding tert-OH is 1. The van der Waals surface area contributed by atoms with Crippen molar-refractivity contribution in [2.24, 2.45) is 5.92 Å². The van der Waals surface area contributed by atoms with Gasteiger partial charge < -0.3 is 35.8 Å². The molecular weight excluding hydrogens is 544 g/mol. The normalized spacial score (nSPS) is 21.9. The zero-order valence-corrected chi connectivity index (χ0v) is 24.6. The van der Waals surface area contributed by atoms with E-state index in [1.807, 2.05) is 6.07 Å². The van der Waals surface area contributed by atoms with Crippen LogP contribution in [0.2, 0.25) is 0 Å². The lowest BCUT2D eigenvalue weighted by Crippen LogP contribution is -2.60. The molecule has 5 N–H and O–H groups in total. The van der Waals surface area contributed by atoms with E-state index in [2.05, 4.69) is 26.4 Å². The summed E-state index contributed by atoms with van der Waals surface area (Å²) in [7, 11) is 0. The van der Waals surface area contributed by atoms with Gasteiger partial charge in [0, 0.05) is 25.1 Å². The highest BCUT2D eigenvalue weighted by molar-refractivity contribution is 5.95. The number of rotatable bonds is 6. The molecule has 0 spiro atoms. The van der Waals surface area contributed by atoms with E-state index < -0.39 is 53.8 Å². The zero-order valence-electron chi connectivity index (χ0n) is 24.6. The number of carbonyl (C=O) groups excluding carboxylic acids is 5. The summed E-state index contributed by atoms with van der Waals surface area (Å²) in [5.41, 5.74) is 1.90. The van der Waals surface area contributed by atoms with E-state index in [1.165, 1.54) is 11.8 Å². The van der Waals surface area contributed by atoms with Gasteiger partial charge in [0.05, 0.1) is 24.8 Å². The minimum absolute atomic E-state index is 0.0446. The SMILES string of the molecule is Cc1noc(C)c1CC(=O)N1CCNC(=O)[C@H]([C@@H](C)O)NC(=O)[C@H](Cc2ccccc2)NC(=O)[C@@H](C(C)C)NC(=O)C1. The third-order valence-electron chi connectivity index (χ3n) is 7.12. The van der Waals surface area contributed by atoms with Crippen molar-refractivity contribution in [3.05, 3.63) is 52.9 Å². The van der Waals surface area contributed by atoms with E-state index in [4.69, 9.17) is 4.52 Å². The van der Waals surface area contributed by atoms with E-state index >= 15 is 0 Å². The number of hydrogen-bond acceptors (Lipinski definition) is 8. The Labute approximate surface area is 244 Å². The first-order valence-electron chi connectivity index (χ1n) is 14.0. The molecule has 0 bridgehead atoms. The lowest BCUT2D eigenvalue weighted by Gasteiger charge is -2.27. The average Bonchev–Trinajstić information content (AvgIpc) is 3.25. The second-order valence-electron chi connectivity index (χ2n) is 10.9. The fraction of sp³-hybridized carbons (Fsp3) is 0.517. The molecule has 13 nitrogen and oxygen atoms in total. The number of amides is 5. The molecule has 0 unspecified atom stereocenters. The average molecular weight is 585 g/mol. The van der Waals surface area contributed by atoms with Gasteiger partial charge in [0.15, 0.2) is 0 Å². The van der Waals surface area contributed by atoms with Crippen LogP contribution in [0.1, 0.15) is 43.4 Å². The predicted octanol–water partition coefficient (Wildman–Crippen LogP) is -0.474. The summed E-state index contributed by atoms with van der Waals surface area (Å²) in [6, 6.07) is 5.55. The number of aliphatic hydroxyl groups is 1. The quantitative estimate of drug-likeness (QED) is 0.302. The fourth-order valence-electron chi connectivity index (χ4n) is 4.64. The van der Waals surface area contributed by atoms with E-state index in [9.17, 15) is 29.1 Å². The van der Waals surface area contributed by atoms with Crippen LogP contribution in [0.15, 0.2) is 34.9 Å². The molecule has 5 amide bonds. The van der Waals surface area contributed by atoms with Crippen LogP contribution >= 0.6 is 0 Å². The summed E-state index contributed by atoms with van der Waals surface area (Å²) >= 11 is 0. The summed E-state index contributed by atoms with van der Waals surface area (Å²) in [6.07, 6.45) is -1.24. The molecule has 1 aliphatic heterocycles. The zero-order chi connectivity index (χ0) is 31.0. The van der Waals surface area contributed by atoms with Gasteiger partial charge in [-0.05, 0) is 32.3 Å². The second kappa shape index (κ2) is 14.6. The van der Waals surface area contributed by atoms with Crippen molar-refractivity contribution in [2.75, 3.05) is 19.6 Å². The van der Waals surface area contributed by atoms with Crippen LogP contribution in [0, 0.1) is 19.8 Å². The highest BCUT2D eigenvalue weighted by atomic mass is 16.5. The lowest BCUT2D eigenvalue weighted by molar-refractivity contribution is -0.137. The van der Waals surface area contributed by atoms with Gasteiger partial charge in [0.25, 0.3) is 0 Å². The second-order valence-corrected chi connectivity index (χ2v) is 10.9. The molecule has 4 atom stereocenters. The largest absolute Gasteiger partial charge is 0.391 e. The Morgan fingerprint density at radius 2 is 1.69 bits per heavy atom. The van der Waals surface area contributed by atoms with Crippen molar-refractivity contribution in [3.63, 3.8) is 0 Å². The molecule has 1 aromatic heterocycles. The molecular formula is C29H40N6O7. The van der Waals surface area contributed by atoms with Crippen molar-refractivity contribution < 1.29 is 33.6 Å². The van der Waals surface area contributed by atoms with Gasteiger partial charge >= 0.3 is 0 Å². The molecule has 1 aromatic carbocycles. The molecule has 1 saturated heterocycles. The highest BCUT2D eigenvalue weighted by Gasteiger charge is 2.33. The Morgan fingerprint density at radius 1 is 1.00 bits per heavy atom. The summed E-state index contributed by atoms with van der Waals surface area (Å²) in [5, 5.41) is 24.8. The van der Waals surface area contributed by atoms with Crippen LogP contribution in [-0.4, -0.2) is 88.6 Å². The first kappa shape index (κ1) is 32.3. The highest BCUT2D eigenvalue weighted by Crippen LogP contribution is 2.14. The molecule has 13 heteroatoms. The van der Waals surface area contributed by atoms with E-state index in [0.29, 0.717) is 17.0 Å². The summed E-state index contributed by atoms with van der Waals surface area (Å²) in [6.45, 7) is 7.77. The molecule has 1 aliphatic rings. The van der Waals surface area contributed by atoms with Gasteiger partial charge in [-0.15, -0.1) is 0 Å². The number of benzene rings is 1. The molecule has 3 rings (SSSR count). The minimum atomic E-state index is -1.33. The Bertz CT molecular complexity index is 1260. The summed E-state index contributed by atoms with van der Waals surface area (Å²) in [4.78, 5) is 67.6. The van der Waals surface area contributed by atoms with Gasteiger partial charge in [-0.2, -0.15) is 0 Å². The van der Waals surface area contributed by atoms with Gasteiger partial charge in [0.2, 0.25) is 29.5 Å². The van der Waals surface area contributed by atoms with Crippen LogP contribution in [0.4, 0.5) is 0 Å². The molecule has 0 radical (unpaired) electrons. The molecule has 42 heavy (non-hydrogen) atoms. The van der Waals surface area contributed by atoms with Crippen LogP contribution in [0.3, 0.4) is 0 Å². The van der Waals surface area contributed by atoms with Crippen molar-refractivity contribution >= 4 is 29.5 Å². The number of aryl methyl sites for hydroxylation is 2. The molecule has 0 aliphatic carbocycles. The van der Waals surface area contributed by atoms with Crippen molar-refractivity contribution in [2.45, 2.75) is 71.7 Å². The van der Waals surface area contributed by atoms with Crippen LogP contribution in [0.25, 0.3) is 0 Å². The first-order valence-corrected chi connectivity index (χ1v) is 14.0. The third kappa shape index (κ3) is 8.62. The Morgan fingerprint density at radius 3 is 2.29 bits per heavy atom. The number of aromatic nitrogens is 1. The Hall–Kier alpha value is -4.26. The van der Waals surface area contributed by atoms with Gasteiger partial charge in [-0.25, -0.2) is 0 Å². The van der Waals surface area contributed by atoms with E-state index in [0.717, 1.165) is 5.56 Å². The molecule has 228 valence electrons. The molecule has 2 aromatic rings. The third-order valence-corrected chi connectivity index (χ3v) is 7.12. The maximum absolute atomic E-state index is 13.4. The maximum atomic E-state index is 13.4. The monoisotopic (exact) mass is 584 g/mol. The molecule has 2 heterocycles. The Kier molecular flexibility index (Phi) is 11.2. The van der Waals surface area contributed by atoms with Gasteiger partial charge in [-0.3, -0.25) is 24.0 Å². The predicted molar refractivity (Wildman–Crippen MR) is 152 cm³/mol. The van der Waals surface area contributed by atoms with Crippen molar-refractivity contribution in [3.8, 4) is 0 Å². The maximum Gasteiger partial charge on any atom is 0.245 e. The first-order chi connectivity index (χ1) is 19.9. The van der Waals surface area contributed by atoms with Crippen molar-refractivity contribution in [1.29, 1.82) is 0 Å². The van der Waals surface area contributed by atoms with Crippen LogP contribution in [-0.2, 0) is 36.8 Å². The fourth-order valence-corrected chi connectivity index (χ4v) is 4.64. The Balaban J connectivity index is 1.91. The van der Waals surface area contributed by atoms with Crippen molar-refractivity contribution in [1.82, 2.24) is 31.3 Å². The van der Waals surface area contributed by atoms with Crippen LogP contribution in [0.5, 0.6) is 0 Å². The molecule has 0 saturated carbocycles.